The summed E-state index contributed by atoms with van der Waals surface area (Å²) in [4.78, 5) is 28.8. The van der Waals surface area contributed by atoms with E-state index in [1.807, 2.05) is 7.05 Å². The molecule has 0 radical (unpaired) electrons. The number of aryl methyl sites for hydroxylation is 2. The number of rotatable bonds is 1. The van der Waals surface area contributed by atoms with Crippen LogP contribution in [0.3, 0.4) is 0 Å². The summed E-state index contributed by atoms with van der Waals surface area (Å²) in [5, 5.41) is 0. The fraction of sp³-hybridized carbons (Fsp3) is 0.600. The van der Waals surface area contributed by atoms with Gasteiger partial charge in [0.05, 0.1) is 13.2 Å². The number of carbonyl (C=O) groups is 2. The van der Waals surface area contributed by atoms with E-state index in [0.717, 1.165) is 31.6 Å². The van der Waals surface area contributed by atoms with Crippen molar-refractivity contribution in [1.29, 1.82) is 0 Å². The molecule has 2 heterocycles. The number of nitrogens with zero attached hydrogens (tertiary/aromatic N) is 2. The van der Waals surface area contributed by atoms with E-state index in [9.17, 15) is 9.59 Å². The van der Waals surface area contributed by atoms with Crippen molar-refractivity contribution in [3.05, 3.63) is 28.8 Å². The Morgan fingerprint density at radius 3 is 2.80 bits per heavy atom. The number of amides is 2. The molecule has 0 bridgehead atoms. The summed E-state index contributed by atoms with van der Waals surface area (Å²) in [5.41, 5.74) is 3.58. The molecule has 2 amide bonds. The monoisotopic (exact) mass is 342 g/mol. The first kappa shape index (κ1) is 16.4. The van der Waals surface area contributed by atoms with Gasteiger partial charge in [-0.1, -0.05) is 6.07 Å². The van der Waals surface area contributed by atoms with Crippen LogP contribution in [0, 0.1) is 19.8 Å². The van der Waals surface area contributed by atoms with Crippen molar-refractivity contribution in [2.75, 3.05) is 33.3 Å². The second-order valence-corrected chi connectivity index (χ2v) is 7.87. The average molecular weight is 342 g/mol. The maximum Gasteiger partial charge on any atom is 0.241 e. The van der Waals surface area contributed by atoms with Crippen molar-refractivity contribution >= 4 is 11.8 Å². The molecule has 4 rings (SSSR count). The van der Waals surface area contributed by atoms with Crippen molar-refractivity contribution in [1.82, 2.24) is 9.80 Å². The summed E-state index contributed by atoms with van der Waals surface area (Å²) in [6.45, 7) is 6.50. The molecule has 2 atom stereocenters. The molecule has 2 fully saturated rings. The van der Waals surface area contributed by atoms with E-state index in [-0.39, 0.29) is 29.7 Å². The summed E-state index contributed by atoms with van der Waals surface area (Å²) in [6.07, 6.45) is 2.62. The summed E-state index contributed by atoms with van der Waals surface area (Å²) in [7, 11) is 1.81. The van der Waals surface area contributed by atoms with Gasteiger partial charge in [0, 0.05) is 37.0 Å². The number of benzene rings is 1. The summed E-state index contributed by atoms with van der Waals surface area (Å²) < 4.78 is 5.87. The maximum atomic E-state index is 13.1. The van der Waals surface area contributed by atoms with Crippen LogP contribution in [-0.2, 0) is 15.0 Å². The Bertz CT molecular complexity index is 745. The number of carbonyl (C=O) groups excluding carboxylic acids is 2. The van der Waals surface area contributed by atoms with Crippen molar-refractivity contribution in [3.63, 3.8) is 0 Å². The van der Waals surface area contributed by atoms with Crippen molar-refractivity contribution in [2.24, 2.45) is 5.92 Å². The van der Waals surface area contributed by atoms with Gasteiger partial charge in [-0.2, -0.15) is 0 Å². The highest BCUT2D eigenvalue weighted by Crippen LogP contribution is 2.61. The third kappa shape index (κ3) is 2.60. The van der Waals surface area contributed by atoms with Gasteiger partial charge in [0.2, 0.25) is 11.8 Å². The van der Waals surface area contributed by atoms with Gasteiger partial charge in [-0.25, -0.2) is 0 Å². The molecular formula is C20H26N2O3. The molecule has 1 saturated heterocycles. The van der Waals surface area contributed by atoms with Gasteiger partial charge in [0.25, 0.3) is 0 Å². The molecule has 1 aromatic carbocycles. The Hall–Kier alpha value is -2.04. The molecule has 0 N–H and O–H groups in total. The van der Waals surface area contributed by atoms with Gasteiger partial charge in [-0.3, -0.25) is 9.59 Å². The van der Waals surface area contributed by atoms with Gasteiger partial charge in [0.1, 0.15) is 5.75 Å². The van der Waals surface area contributed by atoms with Gasteiger partial charge >= 0.3 is 0 Å². The minimum absolute atomic E-state index is 0.00605. The van der Waals surface area contributed by atoms with Crippen LogP contribution >= 0.6 is 0 Å². The summed E-state index contributed by atoms with van der Waals surface area (Å²) in [6, 6.07) is 4.31. The fourth-order valence-electron chi connectivity index (χ4n) is 4.37. The Morgan fingerprint density at radius 2 is 2.00 bits per heavy atom. The summed E-state index contributed by atoms with van der Waals surface area (Å²) >= 11 is 0. The normalized spacial score (nSPS) is 28.4. The third-order valence-corrected chi connectivity index (χ3v) is 6.30. The van der Waals surface area contributed by atoms with E-state index in [0.29, 0.717) is 13.2 Å². The lowest BCUT2D eigenvalue weighted by Crippen LogP contribution is -2.40. The molecule has 2 aliphatic heterocycles. The number of likely N-dealkylation sites (N-methyl/N-ethyl adjacent to an activating group) is 1. The van der Waals surface area contributed by atoms with E-state index in [2.05, 4.69) is 26.0 Å². The predicted octanol–water partition coefficient (Wildman–Crippen LogP) is 2.03. The minimum Gasteiger partial charge on any atom is -0.493 e. The zero-order chi connectivity index (χ0) is 17.8. The van der Waals surface area contributed by atoms with Gasteiger partial charge in [-0.05, 0) is 50.3 Å². The largest absolute Gasteiger partial charge is 0.493 e. The molecule has 1 aliphatic carbocycles. The van der Waals surface area contributed by atoms with E-state index in [1.165, 1.54) is 16.7 Å². The second kappa shape index (κ2) is 5.75. The Morgan fingerprint density at radius 1 is 1.24 bits per heavy atom. The molecule has 1 saturated carbocycles. The van der Waals surface area contributed by atoms with E-state index in [4.69, 9.17) is 4.74 Å². The van der Waals surface area contributed by atoms with Crippen molar-refractivity contribution in [2.45, 2.75) is 38.5 Å². The van der Waals surface area contributed by atoms with Crippen LogP contribution in [0.4, 0.5) is 0 Å². The second-order valence-electron chi connectivity index (χ2n) is 7.87. The molecule has 5 heteroatoms. The maximum absolute atomic E-state index is 13.1. The van der Waals surface area contributed by atoms with Crippen molar-refractivity contribution in [3.8, 4) is 5.75 Å². The molecular weight excluding hydrogens is 316 g/mol. The quantitative estimate of drug-likeness (QED) is 0.785. The van der Waals surface area contributed by atoms with Crippen LogP contribution in [0.1, 0.15) is 36.0 Å². The SMILES string of the molecule is Cc1cc2c(cc1C)[C@]1(CCO2)C[C@H]1C(=O)N1CCCN(C)C(=O)C1. The number of hydrogen-bond acceptors (Lipinski definition) is 3. The van der Waals surface area contributed by atoms with Crippen LogP contribution in [0.5, 0.6) is 5.75 Å². The minimum atomic E-state index is -0.0790. The van der Waals surface area contributed by atoms with Gasteiger partial charge in [0.15, 0.2) is 0 Å². The van der Waals surface area contributed by atoms with Crippen LogP contribution in [0.2, 0.25) is 0 Å². The van der Waals surface area contributed by atoms with Crippen LogP contribution in [0.15, 0.2) is 12.1 Å². The summed E-state index contributed by atoms with van der Waals surface area (Å²) in [5.74, 6) is 1.12. The fourth-order valence-corrected chi connectivity index (χ4v) is 4.37. The van der Waals surface area contributed by atoms with Gasteiger partial charge < -0.3 is 14.5 Å². The first-order valence-electron chi connectivity index (χ1n) is 9.20. The highest BCUT2D eigenvalue weighted by atomic mass is 16.5. The molecule has 5 nitrogen and oxygen atoms in total. The molecule has 134 valence electrons. The highest BCUT2D eigenvalue weighted by Gasteiger charge is 2.62. The molecule has 3 aliphatic rings. The zero-order valence-corrected chi connectivity index (χ0v) is 15.3. The molecule has 0 unspecified atom stereocenters. The molecule has 1 spiro atoms. The van der Waals surface area contributed by atoms with Gasteiger partial charge in [-0.15, -0.1) is 0 Å². The third-order valence-electron chi connectivity index (χ3n) is 6.30. The van der Waals surface area contributed by atoms with Crippen LogP contribution < -0.4 is 4.74 Å². The van der Waals surface area contributed by atoms with E-state index >= 15 is 0 Å². The molecule has 0 aromatic heterocycles. The van der Waals surface area contributed by atoms with Crippen molar-refractivity contribution < 1.29 is 14.3 Å². The number of fused-ring (bicyclic) bond motifs is 2. The highest BCUT2D eigenvalue weighted by molar-refractivity contribution is 5.89. The Kier molecular flexibility index (Phi) is 3.78. The number of ether oxygens (including phenoxy) is 1. The lowest BCUT2D eigenvalue weighted by Gasteiger charge is -2.29. The van der Waals surface area contributed by atoms with Crippen LogP contribution in [0.25, 0.3) is 0 Å². The smallest absolute Gasteiger partial charge is 0.241 e. The Labute approximate surface area is 148 Å². The predicted molar refractivity (Wildman–Crippen MR) is 94.6 cm³/mol. The van der Waals surface area contributed by atoms with E-state index < -0.39 is 0 Å². The lowest BCUT2D eigenvalue weighted by molar-refractivity contribution is -0.139. The first-order valence-corrected chi connectivity index (χ1v) is 9.20. The zero-order valence-electron chi connectivity index (χ0n) is 15.3. The molecule has 1 aromatic rings. The first-order chi connectivity index (χ1) is 11.9. The Balaban J connectivity index is 1.59. The average Bonchev–Trinajstić information content (AvgIpc) is 3.32. The lowest BCUT2D eigenvalue weighted by atomic mass is 9.85. The van der Waals surface area contributed by atoms with E-state index in [1.54, 1.807) is 9.80 Å². The molecule has 25 heavy (non-hydrogen) atoms. The number of hydrogen-bond donors (Lipinski definition) is 0. The standard InChI is InChI=1S/C20H26N2O3/c1-13-9-15-17(10-14(13)2)25-8-5-20(15)11-16(20)19(24)22-7-4-6-21(3)18(23)12-22/h9-10,16H,4-8,11-12H2,1-3H3/t16-,20-/m0/s1. The van der Waals surface area contributed by atoms with Crippen LogP contribution in [-0.4, -0.2) is 54.9 Å². The topological polar surface area (TPSA) is 49.9 Å².